The van der Waals surface area contributed by atoms with Gasteiger partial charge in [0.2, 0.25) is 0 Å². The first-order chi connectivity index (χ1) is 10.8. The molecule has 4 aliphatic rings. The van der Waals surface area contributed by atoms with Gasteiger partial charge in [-0.15, -0.1) is 0 Å². The van der Waals surface area contributed by atoms with E-state index in [4.69, 9.17) is 4.74 Å². The Kier molecular flexibility index (Phi) is 4.46. The largest absolute Gasteiger partial charge is 0.381 e. The van der Waals surface area contributed by atoms with Crippen LogP contribution in [0.3, 0.4) is 0 Å². The average molecular weight is 307 g/mol. The van der Waals surface area contributed by atoms with Crippen LogP contribution in [0.5, 0.6) is 0 Å². The Balaban J connectivity index is 1.32. The molecule has 126 valence electrons. The van der Waals surface area contributed by atoms with E-state index in [1.54, 1.807) is 0 Å². The number of rotatable bonds is 1. The van der Waals surface area contributed by atoms with Crippen molar-refractivity contribution < 1.29 is 4.74 Å². The number of hydrogen-bond acceptors (Lipinski definition) is 4. The molecule has 1 saturated carbocycles. The topological polar surface area (TPSA) is 36.5 Å². The molecule has 22 heavy (non-hydrogen) atoms. The summed E-state index contributed by atoms with van der Waals surface area (Å²) in [5, 5.41) is 7.10. The molecule has 1 aliphatic carbocycles. The van der Waals surface area contributed by atoms with Crippen molar-refractivity contribution in [3.63, 3.8) is 0 Å². The van der Waals surface area contributed by atoms with Crippen LogP contribution in [0.25, 0.3) is 0 Å². The zero-order valence-electron chi connectivity index (χ0n) is 14.0. The second-order valence-corrected chi connectivity index (χ2v) is 8.40. The molecule has 4 rings (SSSR count). The monoisotopic (exact) mass is 307 g/mol. The summed E-state index contributed by atoms with van der Waals surface area (Å²) in [6.45, 7) is 8.12. The van der Waals surface area contributed by atoms with Crippen molar-refractivity contribution in [1.29, 1.82) is 0 Å². The van der Waals surface area contributed by atoms with Crippen molar-refractivity contribution in [1.82, 2.24) is 15.5 Å². The lowest BCUT2D eigenvalue weighted by Gasteiger charge is -2.46. The molecule has 0 aromatic heterocycles. The molecule has 2 atom stereocenters. The summed E-state index contributed by atoms with van der Waals surface area (Å²) in [6, 6.07) is 0.858. The van der Waals surface area contributed by atoms with Crippen molar-refractivity contribution in [3.05, 3.63) is 0 Å². The Morgan fingerprint density at radius 1 is 0.864 bits per heavy atom. The molecule has 2 N–H and O–H groups in total. The van der Waals surface area contributed by atoms with Crippen LogP contribution in [-0.4, -0.2) is 57.0 Å². The van der Waals surface area contributed by atoms with Crippen LogP contribution in [0, 0.1) is 10.8 Å². The van der Waals surface area contributed by atoms with E-state index in [1.165, 1.54) is 77.5 Å². The van der Waals surface area contributed by atoms with E-state index >= 15 is 0 Å². The van der Waals surface area contributed by atoms with Gasteiger partial charge in [0.05, 0.1) is 0 Å². The summed E-state index contributed by atoms with van der Waals surface area (Å²) < 4.78 is 5.58. The van der Waals surface area contributed by atoms with Crippen LogP contribution in [0.2, 0.25) is 0 Å². The fraction of sp³-hybridized carbons (Fsp3) is 1.00. The Morgan fingerprint density at radius 3 is 2.50 bits per heavy atom. The number of piperidine rings is 1. The minimum Gasteiger partial charge on any atom is -0.381 e. The van der Waals surface area contributed by atoms with Gasteiger partial charge in [-0.3, -0.25) is 0 Å². The second-order valence-electron chi connectivity index (χ2n) is 8.40. The molecule has 3 aliphatic heterocycles. The Hall–Kier alpha value is -0.160. The minimum absolute atomic E-state index is 0.585. The summed E-state index contributed by atoms with van der Waals surface area (Å²) >= 11 is 0. The van der Waals surface area contributed by atoms with Gasteiger partial charge in [0.25, 0.3) is 0 Å². The highest BCUT2D eigenvalue weighted by molar-refractivity contribution is 4.98. The fourth-order valence-corrected chi connectivity index (χ4v) is 5.49. The molecule has 0 aromatic rings. The van der Waals surface area contributed by atoms with Crippen LogP contribution in [0.15, 0.2) is 0 Å². The first kappa shape index (κ1) is 15.4. The first-order valence-corrected chi connectivity index (χ1v) is 9.53. The van der Waals surface area contributed by atoms with E-state index in [1.807, 2.05) is 0 Å². The standard InChI is InChI=1S/C18H33N3O/c1-2-18(3-8-19-15-20-14-18)13-16(1)21-9-4-17(5-10-21)6-11-22-12-7-17/h16,19-20H,1-15H2. The molecule has 2 unspecified atom stereocenters. The van der Waals surface area contributed by atoms with Crippen molar-refractivity contribution in [2.75, 3.05) is 46.1 Å². The van der Waals surface area contributed by atoms with E-state index in [0.29, 0.717) is 10.8 Å². The molecule has 0 bridgehead atoms. The van der Waals surface area contributed by atoms with E-state index in [0.717, 1.165) is 25.9 Å². The molecule has 0 aromatic carbocycles. The number of ether oxygens (including phenoxy) is 1. The predicted octanol–water partition coefficient (Wildman–Crippen LogP) is 1.96. The van der Waals surface area contributed by atoms with Crippen LogP contribution < -0.4 is 10.6 Å². The number of likely N-dealkylation sites (tertiary alicyclic amines) is 1. The van der Waals surface area contributed by atoms with E-state index in [-0.39, 0.29) is 0 Å². The van der Waals surface area contributed by atoms with Gasteiger partial charge in [-0.25, -0.2) is 0 Å². The molecule has 3 heterocycles. The molecule has 3 saturated heterocycles. The third-order valence-corrected chi connectivity index (χ3v) is 7.19. The van der Waals surface area contributed by atoms with Crippen LogP contribution in [0.4, 0.5) is 0 Å². The van der Waals surface area contributed by atoms with Gasteiger partial charge in [-0.1, -0.05) is 0 Å². The van der Waals surface area contributed by atoms with Crippen molar-refractivity contribution in [2.24, 2.45) is 10.8 Å². The summed E-state index contributed by atoms with van der Waals surface area (Å²) in [5.74, 6) is 0. The van der Waals surface area contributed by atoms with Gasteiger partial charge in [-0.05, 0) is 81.8 Å². The van der Waals surface area contributed by atoms with Crippen LogP contribution >= 0.6 is 0 Å². The van der Waals surface area contributed by atoms with Gasteiger partial charge < -0.3 is 20.3 Å². The van der Waals surface area contributed by atoms with Gasteiger partial charge in [0.1, 0.15) is 0 Å². The lowest BCUT2D eigenvalue weighted by molar-refractivity contribution is -0.0279. The second kappa shape index (κ2) is 6.39. The molecule has 2 spiro atoms. The normalized spacial score (nSPS) is 40.1. The number of hydrogen-bond donors (Lipinski definition) is 2. The molecular weight excluding hydrogens is 274 g/mol. The van der Waals surface area contributed by atoms with Crippen LogP contribution in [-0.2, 0) is 4.74 Å². The molecular formula is C18H33N3O. The highest BCUT2D eigenvalue weighted by atomic mass is 16.5. The van der Waals surface area contributed by atoms with Crippen molar-refractivity contribution in [2.45, 2.75) is 57.4 Å². The summed E-state index contributed by atoms with van der Waals surface area (Å²) in [6.07, 6.45) is 11.1. The maximum absolute atomic E-state index is 5.58. The molecule has 4 heteroatoms. The van der Waals surface area contributed by atoms with Gasteiger partial charge in [-0.2, -0.15) is 0 Å². The van der Waals surface area contributed by atoms with Gasteiger partial charge in [0.15, 0.2) is 0 Å². The number of nitrogens with one attached hydrogen (secondary N) is 2. The Labute approximate surface area is 135 Å². The van der Waals surface area contributed by atoms with E-state index in [2.05, 4.69) is 15.5 Å². The summed E-state index contributed by atoms with van der Waals surface area (Å²) in [7, 11) is 0. The zero-order valence-corrected chi connectivity index (χ0v) is 14.0. The Bertz CT molecular complexity index is 363. The smallest absolute Gasteiger partial charge is 0.0471 e. The highest BCUT2D eigenvalue weighted by Crippen LogP contribution is 2.46. The summed E-state index contributed by atoms with van der Waals surface area (Å²) in [4.78, 5) is 2.84. The SMILES string of the molecule is C1CC2(CCC(N3CCC4(CCOCC4)CC3)C2)CNCN1. The lowest BCUT2D eigenvalue weighted by Crippen LogP contribution is -2.46. The molecule has 4 fully saturated rings. The third-order valence-electron chi connectivity index (χ3n) is 7.19. The minimum atomic E-state index is 0.585. The maximum Gasteiger partial charge on any atom is 0.0471 e. The van der Waals surface area contributed by atoms with Crippen LogP contribution in [0.1, 0.15) is 51.4 Å². The van der Waals surface area contributed by atoms with Gasteiger partial charge in [0, 0.05) is 32.5 Å². The lowest BCUT2D eigenvalue weighted by atomic mass is 9.72. The number of nitrogens with zero attached hydrogens (tertiary/aromatic N) is 1. The third kappa shape index (κ3) is 3.08. The predicted molar refractivity (Wildman–Crippen MR) is 88.9 cm³/mol. The molecule has 4 nitrogen and oxygen atoms in total. The fourth-order valence-electron chi connectivity index (χ4n) is 5.49. The van der Waals surface area contributed by atoms with E-state index < -0.39 is 0 Å². The zero-order chi connectivity index (χ0) is 14.9. The van der Waals surface area contributed by atoms with Crippen molar-refractivity contribution >= 4 is 0 Å². The quantitative estimate of drug-likeness (QED) is 0.776. The molecule has 0 amide bonds. The maximum atomic E-state index is 5.58. The van der Waals surface area contributed by atoms with Gasteiger partial charge >= 0.3 is 0 Å². The average Bonchev–Trinajstić information content (AvgIpc) is 2.82. The van der Waals surface area contributed by atoms with E-state index in [9.17, 15) is 0 Å². The summed E-state index contributed by atoms with van der Waals surface area (Å²) in [5.41, 5.74) is 1.22. The highest BCUT2D eigenvalue weighted by Gasteiger charge is 2.43. The molecule has 0 radical (unpaired) electrons. The first-order valence-electron chi connectivity index (χ1n) is 9.53. The Morgan fingerprint density at radius 2 is 1.68 bits per heavy atom. The van der Waals surface area contributed by atoms with Crippen molar-refractivity contribution in [3.8, 4) is 0 Å².